The van der Waals surface area contributed by atoms with Crippen LogP contribution in [0.15, 0.2) is 22.8 Å². The van der Waals surface area contributed by atoms with Gasteiger partial charge in [0.15, 0.2) is 0 Å². The van der Waals surface area contributed by atoms with Crippen molar-refractivity contribution in [2.75, 3.05) is 13.1 Å². The van der Waals surface area contributed by atoms with E-state index < -0.39 is 0 Å². The second-order valence-electron chi connectivity index (χ2n) is 4.25. The van der Waals surface area contributed by atoms with Gasteiger partial charge in [-0.15, -0.1) is 0 Å². The number of nitrogens with one attached hydrogen (secondary N) is 1. The predicted octanol–water partition coefficient (Wildman–Crippen LogP) is 2.43. The number of furan rings is 1. The average molecular weight is 201 g/mol. The molecule has 2 heteroatoms. The van der Waals surface area contributed by atoms with Crippen LogP contribution in [0, 0.1) is 6.92 Å². The third-order valence-electron chi connectivity index (χ3n) is 3.26. The predicted molar refractivity (Wildman–Crippen MR) is 61.2 cm³/mol. The highest BCUT2D eigenvalue weighted by Crippen LogP contribution is 2.28. The van der Waals surface area contributed by atoms with Crippen molar-refractivity contribution in [3.63, 3.8) is 0 Å². The molecule has 1 aromatic carbocycles. The van der Waals surface area contributed by atoms with Crippen LogP contribution in [0.4, 0.5) is 0 Å². The number of hydrogen-bond donors (Lipinski definition) is 1. The fraction of sp³-hybridized carbons (Fsp3) is 0.385. The number of aryl methyl sites for hydroxylation is 1. The van der Waals surface area contributed by atoms with Gasteiger partial charge in [0, 0.05) is 5.39 Å². The summed E-state index contributed by atoms with van der Waals surface area (Å²) in [5.41, 5.74) is 5.20. The van der Waals surface area contributed by atoms with E-state index in [1.807, 2.05) is 6.26 Å². The summed E-state index contributed by atoms with van der Waals surface area (Å²) >= 11 is 0. The molecular weight excluding hydrogens is 186 g/mol. The first kappa shape index (κ1) is 8.98. The lowest BCUT2D eigenvalue weighted by atomic mass is 10.00. The highest BCUT2D eigenvalue weighted by molar-refractivity contribution is 5.84. The number of benzene rings is 1. The van der Waals surface area contributed by atoms with E-state index in [9.17, 15) is 0 Å². The molecule has 3 rings (SSSR count). The molecule has 2 aromatic rings. The summed E-state index contributed by atoms with van der Waals surface area (Å²) in [6, 6.07) is 4.45. The summed E-state index contributed by atoms with van der Waals surface area (Å²) < 4.78 is 5.67. The molecule has 2 heterocycles. The average Bonchev–Trinajstić information content (AvgIpc) is 2.51. The smallest absolute Gasteiger partial charge is 0.137 e. The zero-order valence-electron chi connectivity index (χ0n) is 8.97. The summed E-state index contributed by atoms with van der Waals surface area (Å²) in [7, 11) is 0. The molecule has 0 fully saturated rings. The molecule has 78 valence electrons. The van der Waals surface area contributed by atoms with Gasteiger partial charge in [0.2, 0.25) is 0 Å². The summed E-state index contributed by atoms with van der Waals surface area (Å²) in [6.07, 6.45) is 4.06. The Bertz CT molecular complexity index is 498. The molecule has 0 amide bonds. The van der Waals surface area contributed by atoms with Crippen LogP contribution in [-0.4, -0.2) is 13.1 Å². The van der Waals surface area contributed by atoms with Crippen molar-refractivity contribution in [2.45, 2.75) is 19.8 Å². The maximum Gasteiger partial charge on any atom is 0.137 e. The number of rotatable bonds is 0. The first-order valence-electron chi connectivity index (χ1n) is 5.55. The van der Waals surface area contributed by atoms with Crippen molar-refractivity contribution >= 4 is 11.0 Å². The maximum atomic E-state index is 5.67. The van der Waals surface area contributed by atoms with E-state index in [1.54, 1.807) is 0 Å². The van der Waals surface area contributed by atoms with Gasteiger partial charge in [0.1, 0.15) is 5.58 Å². The molecule has 1 aromatic heterocycles. The molecule has 0 unspecified atom stereocenters. The fourth-order valence-corrected chi connectivity index (χ4v) is 2.39. The second kappa shape index (κ2) is 3.38. The van der Waals surface area contributed by atoms with E-state index in [2.05, 4.69) is 24.4 Å². The molecule has 0 radical (unpaired) electrons. The van der Waals surface area contributed by atoms with Gasteiger partial charge in [-0.25, -0.2) is 0 Å². The van der Waals surface area contributed by atoms with E-state index in [0.717, 1.165) is 31.5 Å². The SMILES string of the molecule is Cc1coc2c3c(ccc12)CCNCC3. The van der Waals surface area contributed by atoms with Gasteiger partial charge >= 0.3 is 0 Å². The van der Waals surface area contributed by atoms with Gasteiger partial charge in [0.05, 0.1) is 6.26 Å². The standard InChI is InChI=1S/C13H15NO/c1-9-8-15-13-11(9)3-2-10-4-6-14-7-5-12(10)13/h2-3,8,14H,4-7H2,1H3. The first-order valence-corrected chi connectivity index (χ1v) is 5.55. The molecule has 1 N–H and O–H groups in total. The minimum atomic E-state index is 1.06. The Kier molecular flexibility index (Phi) is 2.03. The molecule has 2 nitrogen and oxygen atoms in total. The van der Waals surface area contributed by atoms with Crippen LogP contribution >= 0.6 is 0 Å². The largest absolute Gasteiger partial charge is 0.464 e. The summed E-state index contributed by atoms with van der Waals surface area (Å²) in [6.45, 7) is 4.25. The first-order chi connectivity index (χ1) is 7.36. The van der Waals surface area contributed by atoms with Crippen molar-refractivity contribution in [1.82, 2.24) is 5.32 Å². The number of fused-ring (bicyclic) bond motifs is 3. The maximum absolute atomic E-state index is 5.67. The Balaban J connectivity index is 2.27. The molecule has 1 aliphatic heterocycles. The summed E-state index contributed by atoms with van der Waals surface area (Å²) in [5, 5.41) is 4.70. The van der Waals surface area contributed by atoms with Crippen molar-refractivity contribution in [1.29, 1.82) is 0 Å². The molecule has 0 bridgehead atoms. The van der Waals surface area contributed by atoms with Crippen molar-refractivity contribution in [2.24, 2.45) is 0 Å². The van der Waals surface area contributed by atoms with Gasteiger partial charge in [-0.05, 0) is 49.5 Å². The highest BCUT2D eigenvalue weighted by atomic mass is 16.3. The summed E-state index contributed by atoms with van der Waals surface area (Å²) in [5.74, 6) is 0. The third kappa shape index (κ3) is 1.37. The molecule has 0 saturated carbocycles. The topological polar surface area (TPSA) is 25.2 Å². The van der Waals surface area contributed by atoms with E-state index >= 15 is 0 Å². The van der Waals surface area contributed by atoms with Gasteiger partial charge in [-0.1, -0.05) is 12.1 Å². The lowest BCUT2D eigenvalue weighted by Crippen LogP contribution is -2.16. The minimum Gasteiger partial charge on any atom is -0.464 e. The van der Waals surface area contributed by atoms with Crippen molar-refractivity contribution < 1.29 is 4.42 Å². The van der Waals surface area contributed by atoms with Crippen LogP contribution in [0.25, 0.3) is 11.0 Å². The second-order valence-corrected chi connectivity index (χ2v) is 4.25. The Labute approximate surface area is 89.3 Å². The fourth-order valence-electron chi connectivity index (χ4n) is 2.39. The van der Waals surface area contributed by atoms with Gasteiger partial charge in [-0.3, -0.25) is 0 Å². The molecular formula is C13H15NO. The van der Waals surface area contributed by atoms with E-state index in [0.29, 0.717) is 0 Å². The summed E-state index contributed by atoms with van der Waals surface area (Å²) in [4.78, 5) is 0. The van der Waals surface area contributed by atoms with Crippen molar-refractivity contribution in [3.05, 3.63) is 35.1 Å². The van der Waals surface area contributed by atoms with E-state index in [1.165, 1.54) is 22.1 Å². The third-order valence-corrected chi connectivity index (χ3v) is 3.26. The van der Waals surface area contributed by atoms with Crippen molar-refractivity contribution in [3.8, 4) is 0 Å². The zero-order chi connectivity index (χ0) is 10.3. The van der Waals surface area contributed by atoms with Crippen LogP contribution in [0.2, 0.25) is 0 Å². The van der Waals surface area contributed by atoms with Crippen LogP contribution in [0.1, 0.15) is 16.7 Å². The molecule has 0 atom stereocenters. The van der Waals surface area contributed by atoms with Gasteiger partial charge in [-0.2, -0.15) is 0 Å². The lowest BCUT2D eigenvalue weighted by molar-refractivity contribution is 0.607. The van der Waals surface area contributed by atoms with E-state index in [4.69, 9.17) is 4.42 Å². The molecule has 0 spiro atoms. The molecule has 0 aliphatic carbocycles. The van der Waals surface area contributed by atoms with Gasteiger partial charge in [0.25, 0.3) is 0 Å². The lowest BCUT2D eigenvalue weighted by Gasteiger charge is -2.05. The quantitative estimate of drug-likeness (QED) is 0.708. The Hall–Kier alpha value is -1.28. The zero-order valence-corrected chi connectivity index (χ0v) is 8.97. The molecule has 15 heavy (non-hydrogen) atoms. The number of hydrogen-bond acceptors (Lipinski definition) is 2. The molecule has 1 aliphatic rings. The monoisotopic (exact) mass is 201 g/mol. The van der Waals surface area contributed by atoms with E-state index in [-0.39, 0.29) is 0 Å². The Morgan fingerprint density at radius 2 is 2.07 bits per heavy atom. The Morgan fingerprint density at radius 3 is 3.00 bits per heavy atom. The molecule has 0 saturated heterocycles. The minimum absolute atomic E-state index is 1.06. The van der Waals surface area contributed by atoms with Crippen LogP contribution in [-0.2, 0) is 12.8 Å². The van der Waals surface area contributed by atoms with Gasteiger partial charge < -0.3 is 9.73 Å². The van der Waals surface area contributed by atoms with Crippen LogP contribution in [0.5, 0.6) is 0 Å². The normalized spacial score (nSPS) is 16.3. The highest BCUT2D eigenvalue weighted by Gasteiger charge is 2.13. The van der Waals surface area contributed by atoms with Crippen LogP contribution < -0.4 is 5.32 Å². The van der Waals surface area contributed by atoms with Crippen LogP contribution in [0.3, 0.4) is 0 Å². The Morgan fingerprint density at radius 1 is 1.20 bits per heavy atom.